The van der Waals surface area contributed by atoms with E-state index in [1.807, 2.05) is 10.6 Å². The number of alkyl halides is 3. The van der Waals surface area contributed by atoms with E-state index in [1.54, 1.807) is 30.7 Å². The Kier molecular flexibility index (Phi) is 4.67. The third-order valence-electron chi connectivity index (χ3n) is 6.85. The van der Waals surface area contributed by atoms with Crippen molar-refractivity contribution in [1.82, 2.24) is 29.6 Å². The van der Waals surface area contributed by atoms with E-state index in [0.717, 1.165) is 48.8 Å². The number of aromatic nitrogens is 5. The number of rotatable bonds is 3. The first-order valence-electron chi connectivity index (χ1n) is 10.8. The molecule has 2 fully saturated rings. The van der Waals surface area contributed by atoms with E-state index in [1.165, 1.54) is 4.90 Å². The summed E-state index contributed by atoms with van der Waals surface area (Å²) in [4.78, 5) is 12.1. The molecule has 0 unspecified atom stereocenters. The van der Waals surface area contributed by atoms with Crippen molar-refractivity contribution in [3.63, 3.8) is 0 Å². The predicted octanol–water partition coefficient (Wildman–Crippen LogP) is 3.97. The molecular weight excluding hydrogens is 455 g/mol. The van der Waals surface area contributed by atoms with Crippen molar-refractivity contribution in [3.8, 4) is 5.69 Å². The zero-order chi connectivity index (χ0) is 22.8. The van der Waals surface area contributed by atoms with Gasteiger partial charge in [-0.25, -0.2) is 4.98 Å². The van der Waals surface area contributed by atoms with E-state index in [0.29, 0.717) is 10.8 Å². The lowest BCUT2D eigenvalue weighted by molar-refractivity contribution is -0.148. The van der Waals surface area contributed by atoms with Crippen LogP contribution in [0.1, 0.15) is 36.0 Å². The Labute approximate surface area is 193 Å². The fourth-order valence-corrected chi connectivity index (χ4v) is 5.72. The summed E-state index contributed by atoms with van der Waals surface area (Å²) in [5, 5.41) is 9.27. The molecule has 33 heavy (non-hydrogen) atoms. The summed E-state index contributed by atoms with van der Waals surface area (Å²) < 4.78 is 41.4. The molecule has 4 heterocycles. The van der Waals surface area contributed by atoms with E-state index >= 15 is 0 Å². The minimum Gasteiger partial charge on any atom is -0.354 e. The molecule has 6 rings (SSSR count). The van der Waals surface area contributed by atoms with E-state index < -0.39 is 12.7 Å². The van der Waals surface area contributed by atoms with Gasteiger partial charge < -0.3 is 4.90 Å². The molecule has 172 valence electrons. The first kappa shape index (κ1) is 20.9. The van der Waals surface area contributed by atoms with Crippen LogP contribution >= 0.6 is 11.6 Å². The van der Waals surface area contributed by atoms with Gasteiger partial charge in [0.15, 0.2) is 5.82 Å². The molecule has 0 atom stereocenters. The van der Waals surface area contributed by atoms with Gasteiger partial charge in [-0.3, -0.25) is 14.5 Å². The fraction of sp³-hybridized carbons (Fsp3) is 0.455. The second kappa shape index (κ2) is 7.39. The minimum atomic E-state index is -4.30. The molecule has 3 aromatic rings. The number of halogens is 4. The Balaban J connectivity index is 1.25. The van der Waals surface area contributed by atoms with Gasteiger partial charge in [0.1, 0.15) is 11.6 Å². The van der Waals surface area contributed by atoms with Crippen molar-refractivity contribution < 1.29 is 13.2 Å². The first-order valence-corrected chi connectivity index (χ1v) is 11.2. The standard InChI is InChI=1S/C22H21ClF3N7/c23-16-1-2-17-14(5-16)9-31(13-22(24,25)26)10-19-29-30-20(33(17)19)15-6-21(7-15)11-32(12-21)18-8-27-3-4-28-18/h1-5,8,15H,6-7,9-13H2. The van der Waals surface area contributed by atoms with Crippen LogP contribution in [-0.2, 0) is 13.1 Å². The Hall–Kier alpha value is -2.72. The Morgan fingerprint density at radius 3 is 2.64 bits per heavy atom. The Morgan fingerprint density at radius 2 is 1.91 bits per heavy atom. The van der Waals surface area contributed by atoms with E-state index in [4.69, 9.17) is 11.6 Å². The topological polar surface area (TPSA) is 63.0 Å². The summed E-state index contributed by atoms with van der Waals surface area (Å²) in [6, 6.07) is 5.37. The van der Waals surface area contributed by atoms with Gasteiger partial charge in [-0.05, 0) is 36.6 Å². The first-order chi connectivity index (χ1) is 15.8. The van der Waals surface area contributed by atoms with Gasteiger partial charge in [-0.15, -0.1) is 10.2 Å². The molecular formula is C22H21ClF3N7. The predicted molar refractivity (Wildman–Crippen MR) is 115 cm³/mol. The molecule has 11 heteroatoms. The van der Waals surface area contributed by atoms with Crippen molar-refractivity contribution in [3.05, 3.63) is 59.0 Å². The molecule has 3 aliphatic rings. The van der Waals surface area contributed by atoms with Crippen LogP contribution in [-0.4, -0.2) is 55.4 Å². The molecule has 1 aromatic carbocycles. The second-order valence-corrected chi connectivity index (χ2v) is 9.80. The highest BCUT2D eigenvalue weighted by molar-refractivity contribution is 6.30. The van der Waals surface area contributed by atoms with Gasteiger partial charge in [-0.1, -0.05) is 11.6 Å². The molecule has 1 spiro atoms. The van der Waals surface area contributed by atoms with Crippen LogP contribution < -0.4 is 4.90 Å². The van der Waals surface area contributed by atoms with Crippen LogP contribution in [0.15, 0.2) is 36.8 Å². The van der Waals surface area contributed by atoms with E-state index in [2.05, 4.69) is 25.1 Å². The average Bonchev–Trinajstić information content (AvgIpc) is 3.02. The van der Waals surface area contributed by atoms with Crippen LogP contribution in [0.3, 0.4) is 0 Å². The SMILES string of the molecule is FC(F)(F)CN1Cc2cc(Cl)ccc2-n2c(nnc2C2CC3(C2)CN(c2cnccn2)C3)C1. The summed E-state index contributed by atoms with van der Waals surface area (Å²) in [5.41, 5.74) is 1.79. The molecule has 0 bridgehead atoms. The monoisotopic (exact) mass is 475 g/mol. The number of nitrogens with zero attached hydrogens (tertiary/aromatic N) is 7. The highest BCUT2D eigenvalue weighted by Crippen LogP contribution is 2.56. The number of benzene rings is 1. The highest BCUT2D eigenvalue weighted by atomic mass is 35.5. The number of hydrogen-bond acceptors (Lipinski definition) is 6. The summed E-state index contributed by atoms with van der Waals surface area (Å²) in [6.07, 6.45) is 2.78. The van der Waals surface area contributed by atoms with Gasteiger partial charge in [0.2, 0.25) is 0 Å². The molecule has 0 radical (unpaired) electrons. The Bertz CT molecular complexity index is 1180. The quantitative estimate of drug-likeness (QED) is 0.571. The van der Waals surface area contributed by atoms with Gasteiger partial charge in [0, 0.05) is 48.4 Å². The third-order valence-corrected chi connectivity index (χ3v) is 7.08. The van der Waals surface area contributed by atoms with Crippen molar-refractivity contribution in [2.75, 3.05) is 24.5 Å². The number of anilines is 1. The summed E-state index contributed by atoms with van der Waals surface area (Å²) >= 11 is 6.19. The molecule has 2 aliphatic heterocycles. The molecule has 7 nitrogen and oxygen atoms in total. The fourth-order valence-electron chi connectivity index (χ4n) is 5.53. The average molecular weight is 476 g/mol. The zero-order valence-corrected chi connectivity index (χ0v) is 18.4. The number of fused-ring (bicyclic) bond motifs is 3. The lowest BCUT2D eigenvalue weighted by atomic mass is 9.57. The molecule has 1 aliphatic carbocycles. The molecule has 0 N–H and O–H groups in total. The Morgan fingerprint density at radius 1 is 1.09 bits per heavy atom. The van der Waals surface area contributed by atoms with Crippen molar-refractivity contribution in [1.29, 1.82) is 0 Å². The molecule has 1 saturated carbocycles. The van der Waals surface area contributed by atoms with Gasteiger partial charge >= 0.3 is 6.18 Å². The largest absolute Gasteiger partial charge is 0.401 e. The molecule has 2 aromatic heterocycles. The van der Waals surface area contributed by atoms with Crippen LogP contribution in [0, 0.1) is 5.41 Å². The van der Waals surface area contributed by atoms with E-state index in [9.17, 15) is 13.2 Å². The maximum atomic E-state index is 13.2. The van der Waals surface area contributed by atoms with Crippen molar-refractivity contribution in [2.24, 2.45) is 5.41 Å². The van der Waals surface area contributed by atoms with Gasteiger partial charge in [0.25, 0.3) is 0 Å². The summed E-state index contributed by atoms with van der Waals surface area (Å²) in [7, 11) is 0. The van der Waals surface area contributed by atoms with Gasteiger partial charge in [-0.2, -0.15) is 13.2 Å². The van der Waals surface area contributed by atoms with Crippen molar-refractivity contribution >= 4 is 17.4 Å². The smallest absolute Gasteiger partial charge is 0.354 e. The minimum absolute atomic E-state index is 0.0805. The summed E-state index contributed by atoms with van der Waals surface area (Å²) in [6.45, 7) is 1.08. The van der Waals surface area contributed by atoms with Crippen LogP contribution in [0.25, 0.3) is 5.69 Å². The highest BCUT2D eigenvalue weighted by Gasteiger charge is 2.54. The lowest BCUT2D eigenvalue weighted by Crippen LogP contribution is -2.62. The van der Waals surface area contributed by atoms with E-state index in [-0.39, 0.29) is 24.4 Å². The third kappa shape index (κ3) is 3.74. The maximum absolute atomic E-state index is 13.2. The lowest BCUT2D eigenvalue weighted by Gasteiger charge is -2.59. The second-order valence-electron chi connectivity index (χ2n) is 9.37. The maximum Gasteiger partial charge on any atom is 0.401 e. The molecule has 1 saturated heterocycles. The van der Waals surface area contributed by atoms with Crippen LogP contribution in [0.4, 0.5) is 19.0 Å². The van der Waals surface area contributed by atoms with Crippen molar-refractivity contribution in [2.45, 2.75) is 38.0 Å². The number of hydrogen-bond donors (Lipinski definition) is 0. The zero-order valence-electron chi connectivity index (χ0n) is 17.6. The van der Waals surface area contributed by atoms with Crippen LogP contribution in [0.5, 0.6) is 0 Å². The molecule has 0 amide bonds. The van der Waals surface area contributed by atoms with Gasteiger partial charge in [0.05, 0.1) is 25.0 Å². The normalized spacial score (nSPS) is 20.1. The van der Waals surface area contributed by atoms with Crippen LogP contribution in [0.2, 0.25) is 5.02 Å². The summed E-state index contributed by atoms with van der Waals surface area (Å²) in [5.74, 6) is 2.46.